The summed E-state index contributed by atoms with van der Waals surface area (Å²) < 4.78 is 9.30. The smallest absolute Gasteiger partial charge is 0.346 e. The van der Waals surface area contributed by atoms with Crippen molar-refractivity contribution in [2.75, 3.05) is 7.11 Å². The Hall–Kier alpha value is -1.26. The third-order valence-electron chi connectivity index (χ3n) is 1.97. The number of ether oxygens (including phenoxy) is 2. The molecule has 92 valence electrons. The van der Waals surface area contributed by atoms with Crippen LogP contribution in [0.15, 0.2) is 18.2 Å². The van der Waals surface area contributed by atoms with Crippen molar-refractivity contribution in [1.29, 1.82) is 0 Å². The number of esters is 2. The lowest BCUT2D eigenvalue weighted by molar-refractivity contribution is -0.149. The first-order valence-corrected chi connectivity index (χ1v) is 5.45. The highest BCUT2D eigenvalue weighted by atomic mass is 35.5. The highest BCUT2D eigenvalue weighted by Crippen LogP contribution is 2.23. The van der Waals surface area contributed by atoms with Crippen LogP contribution >= 0.6 is 23.2 Å². The second kappa shape index (κ2) is 5.89. The van der Waals surface area contributed by atoms with E-state index in [1.54, 1.807) is 0 Å². The molecule has 1 aromatic carbocycles. The fourth-order valence-electron chi connectivity index (χ4n) is 1.07. The topological polar surface area (TPSA) is 52.6 Å². The van der Waals surface area contributed by atoms with Crippen LogP contribution in [0.25, 0.3) is 0 Å². The van der Waals surface area contributed by atoms with Crippen LogP contribution in [-0.2, 0) is 14.3 Å². The van der Waals surface area contributed by atoms with Gasteiger partial charge in [0, 0.05) is 0 Å². The first-order chi connectivity index (χ1) is 7.95. The van der Waals surface area contributed by atoms with Gasteiger partial charge in [0.25, 0.3) is 0 Å². The minimum absolute atomic E-state index is 0.218. The van der Waals surface area contributed by atoms with Gasteiger partial charge in [-0.1, -0.05) is 23.2 Å². The quantitative estimate of drug-likeness (QED) is 0.797. The predicted molar refractivity (Wildman–Crippen MR) is 63.4 cm³/mol. The van der Waals surface area contributed by atoms with Crippen molar-refractivity contribution in [3.05, 3.63) is 33.8 Å². The fraction of sp³-hybridized carbons (Fsp3) is 0.273. The SMILES string of the molecule is COC(=O)C(C)OC(=O)c1ccc(Cl)c(Cl)c1. The lowest BCUT2D eigenvalue weighted by Gasteiger charge is -2.11. The number of rotatable bonds is 3. The van der Waals surface area contributed by atoms with E-state index < -0.39 is 18.0 Å². The van der Waals surface area contributed by atoms with E-state index in [0.717, 1.165) is 0 Å². The number of carbonyl (C=O) groups is 2. The zero-order valence-corrected chi connectivity index (χ0v) is 10.7. The predicted octanol–water partition coefficient (Wildman–Crippen LogP) is 2.71. The Balaban J connectivity index is 2.76. The van der Waals surface area contributed by atoms with Crippen molar-refractivity contribution in [1.82, 2.24) is 0 Å². The molecule has 0 saturated carbocycles. The van der Waals surface area contributed by atoms with Crippen LogP contribution in [-0.4, -0.2) is 25.2 Å². The molecule has 0 amide bonds. The molecule has 1 aromatic rings. The third kappa shape index (κ3) is 3.61. The van der Waals surface area contributed by atoms with Gasteiger partial charge in [0.05, 0.1) is 22.7 Å². The van der Waals surface area contributed by atoms with E-state index in [9.17, 15) is 9.59 Å². The first-order valence-electron chi connectivity index (χ1n) is 4.69. The van der Waals surface area contributed by atoms with E-state index in [2.05, 4.69) is 4.74 Å². The van der Waals surface area contributed by atoms with Gasteiger partial charge in [-0.2, -0.15) is 0 Å². The van der Waals surface area contributed by atoms with Crippen molar-refractivity contribution in [2.45, 2.75) is 13.0 Å². The summed E-state index contributed by atoms with van der Waals surface area (Å²) in [7, 11) is 1.21. The molecule has 1 unspecified atom stereocenters. The van der Waals surface area contributed by atoms with Crippen LogP contribution in [0.5, 0.6) is 0 Å². The van der Waals surface area contributed by atoms with Crippen LogP contribution in [0.3, 0.4) is 0 Å². The maximum absolute atomic E-state index is 11.6. The van der Waals surface area contributed by atoms with E-state index in [1.807, 2.05) is 0 Å². The van der Waals surface area contributed by atoms with Crippen molar-refractivity contribution in [3.8, 4) is 0 Å². The maximum atomic E-state index is 11.6. The second-order valence-electron chi connectivity index (χ2n) is 3.20. The van der Waals surface area contributed by atoms with E-state index in [1.165, 1.54) is 32.2 Å². The summed E-state index contributed by atoms with van der Waals surface area (Å²) >= 11 is 11.5. The largest absolute Gasteiger partial charge is 0.466 e. The Bertz CT molecular complexity index is 445. The third-order valence-corrected chi connectivity index (χ3v) is 2.71. The molecular formula is C11H10Cl2O4. The molecule has 0 spiro atoms. The second-order valence-corrected chi connectivity index (χ2v) is 4.01. The summed E-state index contributed by atoms with van der Waals surface area (Å²) in [6, 6.07) is 4.31. The van der Waals surface area contributed by atoms with Crippen LogP contribution in [0, 0.1) is 0 Å². The van der Waals surface area contributed by atoms with Crippen LogP contribution in [0.4, 0.5) is 0 Å². The molecule has 0 fully saturated rings. The summed E-state index contributed by atoms with van der Waals surface area (Å²) in [5.74, 6) is -1.29. The van der Waals surface area contributed by atoms with E-state index in [4.69, 9.17) is 27.9 Å². The molecular weight excluding hydrogens is 267 g/mol. The Morgan fingerprint density at radius 2 is 1.88 bits per heavy atom. The standard InChI is InChI=1S/C11H10Cl2O4/c1-6(10(14)16-2)17-11(15)7-3-4-8(12)9(13)5-7/h3-6H,1-2H3. The van der Waals surface area contributed by atoms with Gasteiger partial charge in [-0.15, -0.1) is 0 Å². The van der Waals surface area contributed by atoms with Crippen molar-refractivity contribution in [3.63, 3.8) is 0 Å². The zero-order valence-electron chi connectivity index (χ0n) is 9.20. The fourth-order valence-corrected chi connectivity index (χ4v) is 1.36. The molecule has 0 aliphatic heterocycles. The number of methoxy groups -OCH3 is 1. The Kier molecular flexibility index (Phi) is 4.78. The Morgan fingerprint density at radius 3 is 2.41 bits per heavy atom. The zero-order chi connectivity index (χ0) is 13.0. The van der Waals surface area contributed by atoms with Gasteiger partial charge >= 0.3 is 11.9 Å². The molecule has 17 heavy (non-hydrogen) atoms. The Labute approximate surface area is 108 Å². The number of hydrogen-bond acceptors (Lipinski definition) is 4. The molecule has 0 saturated heterocycles. The average molecular weight is 277 g/mol. The van der Waals surface area contributed by atoms with Crippen molar-refractivity contribution < 1.29 is 19.1 Å². The van der Waals surface area contributed by atoms with E-state index in [0.29, 0.717) is 5.02 Å². The Morgan fingerprint density at radius 1 is 1.24 bits per heavy atom. The molecule has 4 nitrogen and oxygen atoms in total. The molecule has 0 aliphatic rings. The summed E-state index contributed by atoms with van der Waals surface area (Å²) in [6.45, 7) is 1.42. The molecule has 0 aliphatic carbocycles. The summed E-state index contributed by atoms with van der Waals surface area (Å²) in [5, 5.41) is 0.580. The lowest BCUT2D eigenvalue weighted by Crippen LogP contribution is -2.25. The molecule has 1 atom stereocenters. The van der Waals surface area contributed by atoms with Gasteiger partial charge in [-0.3, -0.25) is 0 Å². The molecule has 0 radical (unpaired) electrons. The van der Waals surface area contributed by atoms with Crippen LogP contribution < -0.4 is 0 Å². The molecule has 0 N–H and O–H groups in total. The molecule has 0 aromatic heterocycles. The summed E-state index contributed by atoms with van der Waals surface area (Å²) in [6.07, 6.45) is -0.970. The maximum Gasteiger partial charge on any atom is 0.346 e. The van der Waals surface area contributed by atoms with Gasteiger partial charge in [-0.05, 0) is 25.1 Å². The molecule has 1 rings (SSSR count). The van der Waals surface area contributed by atoms with Gasteiger partial charge in [0.2, 0.25) is 0 Å². The first kappa shape index (κ1) is 13.8. The monoisotopic (exact) mass is 276 g/mol. The summed E-state index contributed by atoms with van der Waals surface area (Å²) in [4.78, 5) is 22.7. The van der Waals surface area contributed by atoms with E-state index in [-0.39, 0.29) is 10.6 Å². The van der Waals surface area contributed by atoms with Gasteiger partial charge in [0.1, 0.15) is 0 Å². The molecule has 6 heteroatoms. The highest BCUT2D eigenvalue weighted by molar-refractivity contribution is 6.42. The number of hydrogen-bond donors (Lipinski definition) is 0. The van der Waals surface area contributed by atoms with Gasteiger partial charge in [0.15, 0.2) is 6.10 Å². The number of benzene rings is 1. The summed E-state index contributed by atoms with van der Waals surface area (Å²) in [5.41, 5.74) is 0.218. The highest BCUT2D eigenvalue weighted by Gasteiger charge is 2.19. The number of carbonyl (C=O) groups excluding carboxylic acids is 2. The average Bonchev–Trinajstić information content (AvgIpc) is 2.31. The normalized spacial score (nSPS) is 11.8. The molecule has 0 heterocycles. The number of halogens is 2. The lowest BCUT2D eigenvalue weighted by atomic mass is 10.2. The minimum Gasteiger partial charge on any atom is -0.466 e. The van der Waals surface area contributed by atoms with Gasteiger partial charge in [-0.25, -0.2) is 9.59 Å². The van der Waals surface area contributed by atoms with Crippen molar-refractivity contribution >= 4 is 35.1 Å². The minimum atomic E-state index is -0.970. The molecule has 0 bridgehead atoms. The van der Waals surface area contributed by atoms with E-state index >= 15 is 0 Å². The van der Waals surface area contributed by atoms with Gasteiger partial charge < -0.3 is 9.47 Å². The van der Waals surface area contributed by atoms with Crippen LogP contribution in [0.1, 0.15) is 17.3 Å². The van der Waals surface area contributed by atoms with Crippen molar-refractivity contribution in [2.24, 2.45) is 0 Å². The van der Waals surface area contributed by atoms with Crippen LogP contribution in [0.2, 0.25) is 10.0 Å².